The first-order chi connectivity index (χ1) is 13.5. The number of aliphatic hydroxyl groups is 1. The molecule has 1 atom stereocenters. The molecule has 1 aliphatic heterocycles. The molecular formula is C19H24N6O3. The van der Waals surface area contributed by atoms with E-state index in [2.05, 4.69) is 15.2 Å². The van der Waals surface area contributed by atoms with E-state index in [9.17, 15) is 14.7 Å². The lowest BCUT2D eigenvalue weighted by Gasteiger charge is -2.29. The molecule has 1 aliphatic rings. The molecule has 28 heavy (non-hydrogen) atoms. The third kappa shape index (κ3) is 3.02. The number of benzene rings is 1. The number of nitrogens with zero attached hydrogens (tertiary/aromatic N) is 5. The number of hydrogen-bond acceptors (Lipinski definition) is 6. The predicted molar refractivity (Wildman–Crippen MR) is 107 cm³/mol. The molecule has 3 aromatic rings. The molecule has 9 nitrogen and oxygen atoms in total. The maximum atomic E-state index is 12.9. The molecule has 9 heteroatoms. The number of anilines is 1. The van der Waals surface area contributed by atoms with Gasteiger partial charge in [-0.05, 0) is 5.56 Å². The molecule has 0 saturated carbocycles. The van der Waals surface area contributed by atoms with E-state index in [0.29, 0.717) is 17.1 Å². The summed E-state index contributed by atoms with van der Waals surface area (Å²) in [5, 5.41) is 14.1. The van der Waals surface area contributed by atoms with Crippen molar-refractivity contribution < 1.29 is 5.11 Å². The maximum absolute atomic E-state index is 12.9. The van der Waals surface area contributed by atoms with E-state index in [1.54, 1.807) is 11.6 Å². The number of aryl methyl sites for hydroxylation is 1. The summed E-state index contributed by atoms with van der Waals surface area (Å²) in [6.07, 6.45) is -0.804. The predicted octanol–water partition coefficient (Wildman–Crippen LogP) is -0.423. The monoisotopic (exact) mass is 384 g/mol. The number of rotatable bonds is 4. The molecule has 148 valence electrons. The Balaban J connectivity index is 1.90. The van der Waals surface area contributed by atoms with Crippen molar-refractivity contribution in [2.75, 3.05) is 31.1 Å². The minimum Gasteiger partial charge on any atom is -0.387 e. The fourth-order valence-electron chi connectivity index (χ4n) is 3.67. The zero-order valence-electron chi connectivity index (χ0n) is 16.0. The molecular weight excluding hydrogens is 360 g/mol. The largest absolute Gasteiger partial charge is 0.387 e. The third-order valence-electron chi connectivity index (χ3n) is 5.27. The van der Waals surface area contributed by atoms with Crippen molar-refractivity contribution in [3.63, 3.8) is 0 Å². The highest BCUT2D eigenvalue weighted by molar-refractivity contribution is 5.74. The fraction of sp³-hybridized carbons (Fsp3) is 0.421. The Kier molecular flexibility index (Phi) is 4.78. The van der Waals surface area contributed by atoms with E-state index in [-0.39, 0.29) is 6.54 Å². The van der Waals surface area contributed by atoms with Gasteiger partial charge < -0.3 is 19.9 Å². The Morgan fingerprint density at radius 2 is 1.79 bits per heavy atom. The van der Waals surface area contributed by atoms with E-state index >= 15 is 0 Å². The van der Waals surface area contributed by atoms with Crippen LogP contribution in [-0.4, -0.2) is 50.0 Å². The smallest absolute Gasteiger partial charge is 0.332 e. The summed E-state index contributed by atoms with van der Waals surface area (Å²) in [6, 6.07) is 9.32. The summed E-state index contributed by atoms with van der Waals surface area (Å²) in [6.45, 7) is 3.26. The molecule has 0 amide bonds. The highest BCUT2D eigenvalue weighted by Gasteiger charge is 2.25. The first-order valence-electron chi connectivity index (χ1n) is 9.34. The third-order valence-corrected chi connectivity index (χ3v) is 5.27. The average molecular weight is 384 g/mol. The summed E-state index contributed by atoms with van der Waals surface area (Å²) in [4.78, 5) is 32.0. The van der Waals surface area contributed by atoms with Crippen LogP contribution in [0.4, 0.5) is 5.95 Å². The number of piperazine rings is 1. The zero-order chi connectivity index (χ0) is 19.8. The van der Waals surface area contributed by atoms with Gasteiger partial charge in [-0.1, -0.05) is 30.3 Å². The zero-order valence-corrected chi connectivity index (χ0v) is 16.0. The second-order valence-electron chi connectivity index (χ2n) is 7.06. The van der Waals surface area contributed by atoms with Crippen LogP contribution in [0.5, 0.6) is 0 Å². The van der Waals surface area contributed by atoms with Gasteiger partial charge in [0.25, 0.3) is 5.56 Å². The quantitative estimate of drug-likeness (QED) is 0.634. The topological polar surface area (TPSA) is 97.3 Å². The summed E-state index contributed by atoms with van der Waals surface area (Å²) >= 11 is 0. The van der Waals surface area contributed by atoms with Crippen LogP contribution in [0.2, 0.25) is 0 Å². The average Bonchev–Trinajstić information content (AvgIpc) is 3.11. The highest BCUT2D eigenvalue weighted by atomic mass is 16.3. The van der Waals surface area contributed by atoms with Crippen LogP contribution in [0.25, 0.3) is 11.2 Å². The molecule has 1 aromatic carbocycles. The van der Waals surface area contributed by atoms with Crippen LogP contribution in [0.15, 0.2) is 39.9 Å². The van der Waals surface area contributed by atoms with Gasteiger partial charge in [0.15, 0.2) is 11.2 Å². The number of aromatic nitrogens is 4. The number of aliphatic hydroxyl groups excluding tert-OH is 1. The lowest BCUT2D eigenvalue weighted by molar-refractivity contribution is 0.158. The Labute approximate surface area is 161 Å². The molecule has 4 rings (SSSR count). The Morgan fingerprint density at radius 3 is 2.46 bits per heavy atom. The standard InChI is InChI=1S/C19H24N6O3/c1-22-16-15(17(27)23(2)19(22)28)25(12-14(26)13-6-4-3-5-7-13)18(21-16)24-10-8-20-9-11-24/h3-7,14,20,26H,8-12H2,1-2H3. The first-order valence-corrected chi connectivity index (χ1v) is 9.34. The second-order valence-corrected chi connectivity index (χ2v) is 7.06. The van der Waals surface area contributed by atoms with Crippen LogP contribution in [0.1, 0.15) is 11.7 Å². The van der Waals surface area contributed by atoms with E-state index in [0.717, 1.165) is 36.3 Å². The fourth-order valence-corrected chi connectivity index (χ4v) is 3.67. The number of hydrogen-bond donors (Lipinski definition) is 2. The van der Waals surface area contributed by atoms with Gasteiger partial charge in [0.05, 0.1) is 12.6 Å². The number of fused-ring (bicyclic) bond motifs is 1. The Bertz CT molecular complexity index is 1110. The maximum Gasteiger partial charge on any atom is 0.332 e. The first kappa shape index (κ1) is 18.5. The number of nitrogens with one attached hydrogen (secondary N) is 1. The van der Waals surface area contributed by atoms with Gasteiger partial charge in [0.1, 0.15) is 0 Å². The van der Waals surface area contributed by atoms with Crippen molar-refractivity contribution in [1.29, 1.82) is 0 Å². The van der Waals surface area contributed by atoms with Gasteiger partial charge in [0.2, 0.25) is 5.95 Å². The van der Waals surface area contributed by atoms with Crippen molar-refractivity contribution in [3.8, 4) is 0 Å². The van der Waals surface area contributed by atoms with Gasteiger partial charge in [-0.2, -0.15) is 4.98 Å². The van der Waals surface area contributed by atoms with Gasteiger partial charge in [0, 0.05) is 40.3 Å². The van der Waals surface area contributed by atoms with Crippen LogP contribution >= 0.6 is 0 Å². The summed E-state index contributed by atoms with van der Waals surface area (Å²) in [5.74, 6) is 0.602. The molecule has 3 heterocycles. The molecule has 0 spiro atoms. The Hall–Kier alpha value is -2.91. The van der Waals surface area contributed by atoms with Crippen LogP contribution in [0.3, 0.4) is 0 Å². The van der Waals surface area contributed by atoms with Crippen molar-refractivity contribution >= 4 is 17.1 Å². The lowest BCUT2D eigenvalue weighted by atomic mass is 10.1. The summed E-state index contributed by atoms with van der Waals surface area (Å²) in [5.41, 5.74) is 0.595. The minimum atomic E-state index is -0.804. The van der Waals surface area contributed by atoms with Gasteiger partial charge in [-0.15, -0.1) is 0 Å². The van der Waals surface area contributed by atoms with Crippen LogP contribution in [-0.2, 0) is 20.6 Å². The number of imidazole rings is 1. The molecule has 0 bridgehead atoms. The van der Waals surface area contributed by atoms with E-state index < -0.39 is 17.4 Å². The van der Waals surface area contributed by atoms with Crippen molar-refractivity contribution in [3.05, 3.63) is 56.7 Å². The van der Waals surface area contributed by atoms with Crippen molar-refractivity contribution in [2.45, 2.75) is 12.6 Å². The molecule has 1 fully saturated rings. The minimum absolute atomic E-state index is 0.174. The molecule has 1 unspecified atom stereocenters. The molecule has 0 radical (unpaired) electrons. The van der Waals surface area contributed by atoms with Crippen LogP contribution < -0.4 is 21.5 Å². The highest BCUT2D eigenvalue weighted by Crippen LogP contribution is 2.24. The normalized spacial score (nSPS) is 15.9. The second kappa shape index (κ2) is 7.25. The summed E-state index contributed by atoms with van der Waals surface area (Å²) < 4.78 is 4.21. The summed E-state index contributed by atoms with van der Waals surface area (Å²) in [7, 11) is 3.07. The molecule has 1 saturated heterocycles. The lowest BCUT2D eigenvalue weighted by Crippen LogP contribution is -2.44. The van der Waals surface area contributed by atoms with Gasteiger partial charge >= 0.3 is 5.69 Å². The van der Waals surface area contributed by atoms with E-state index in [1.807, 2.05) is 30.3 Å². The molecule has 0 aliphatic carbocycles. The van der Waals surface area contributed by atoms with E-state index in [4.69, 9.17) is 0 Å². The van der Waals surface area contributed by atoms with Crippen molar-refractivity contribution in [2.24, 2.45) is 14.1 Å². The van der Waals surface area contributed by atoms with Gasteiger partial charge in [-0.25, -0.2) is 4.79 Å². The van der Waals surface area contributed by atoms with Crippen molar-refractivity contribution in [1.82, 2.24) is 24.0 Å². The molecule has 2 aromatic heterocycles. The Morgan fingerprint density at radius 1 is 1.11 bits per heavy atom. The van der Waals surface area contributed by atoms with E-state index in [1.165, 1.54) is 11.6 Å². The molecule has 2 N–H and O–H groups in total. The SMILES string of the molecule is Cn1c(=O)c2c(nc(N3CCNCC3)n2CC(O)c2ccccc2)n(C)c1=O. The van der Waals surface area contributed by atoms with Crippen LogP contribution in [0, 0.1) is 0 Å². The van der Waals surface area contributed by atoms with Gasteiger partial charge in [-0.3, -0.25) is 13.9 Å².